The number of pyridine rings is 3. The molecule has 55 heavy (non-hydrogen) atoms. The van der Waals surface area contributed by atoms with Crippen LogP contribution >= 0.6 is 0 Å². The largest absolute Gasteiger partial charge is 0.486 e. The third kappa shape index (κ3) is 8.54. The SMILES string of the molecule is Cc1cnc(-c2[c-]cc(C)c(-c3ccccc3)c2)cc1C.[2H]C([2H])([2H])c1ccc2c(n1)oc1c(-c3cc(Cc4ccc(C5CCCCC5)cc4)ccn3)[c-]ccc12.[Ir]. The van der Waals surface area contributed by atoms with E-state index >= 15 is 0 Å². The van der Waals surface area contributed by atoms with E-state index < -0.39 is 6.85 Å². The molecule has 4 nitrogen and oxygen atoms in total. The van der Waals surface area contributed by atoms with Gasteiger partial charge in [0.25, 0.3) is 0 Å². The molecule has 0 bridgehead atoms. The zero-order chi connectivity index (χ0) is 39.5. The number of rotatable bonds is 6. The first kappa shape index (κ1) is 34.3. The number of nitrogens with zero attached hydrogens (tertiary/aromatic N) is 3. The van der Waals surface area contributed by atoms with Gasteiger partial charge in [-0.1, -0.05) is 115 Å². The summed E-state index contributed by atoms with van der Waals surface area (Å²) >= 11 is 0. The molecule has 0 unspecified atom stereocenters. The Morgan fingerprint density at radius 1 is 0.745 bits per heavy atom. The molecule has 0 N–H and O–H groups in total. The average Bonchev–Trinajstić information content (AvgIpc) is 3.61. The molecule has 1 radical (unpaired) electrons. The third-order valence-corrected chi connectivity index (χ3v) is 10.7. The summed E-state index contributed by atoms with van der Waals surface area (Å²) in [4.78, 5) is 13.4. The maximum Gasteiger partial charge on any atom is 0.216 e. The van der Waals surface area contributed by atoms with Crippen LogP contribution in [-0.2, 0) is 26.5 Å². The fraction of sp³-hybridized carbons (Fsp3) is 0.220. The quantitative estimate of drug-likeness (QED) is 0.156. The van der Waals surface area contributed by atoms with E-state index in [2.05, 4.69) is 121 Å². The Morgan fingerprint density at radius 2 is 1.56 bits per heavy atom. The molecule has 277 valence electrons. The summed E-state index contributed by atoms with van der Waals surface area (Å²) in [7, 11) is 0. The van der Waals surface area contributed by atoms with Gasteiger partial charge in [0.2, 0.25) is 5.71 Å². The van der Waals surface area contributed by atoms with Crippen molar-refractivity contribution in [2.24, 2.45) is 0 Å². The second-order valence-corrected chi connectivity index (χ2v) is 14.5. The van der Waals surface area contributed by atoms with Crippen LogP contribution in [0.1, 0.15) is 81.2 Å². The fourth-order valence-corrected chi connectivity index (χ4v) is 7.52. The van der Waals surface area contributed by atoms with Crippen molar-refractivity contribution in [1.82, 2.24) is 15.0 Å². The van der Waals surface area contributed by atoms with Crippen LogP contribution in [0.15, 0.2) is 126 Å². The van der Waals surface area contributed by atoms with Crippen molar-refractivity contribution >= 4 is 22.1 Å². The third-order valence-electron chi connectivity index (χ3n) is 10.7. The molecule has 0 saturated heterocycles. The molecule has 1 aliphatic rings. The molecule has 0 spiro atoms. The zero-order valence-corrected chi connectivity index (χ0v) is 33.8. The molecule has 0 amide bonds. The first-order valence-electron chi connectivity index (χ1n) is 20.4. The minimum Gasteiger partial charge on any atom is -0.486 e. The number of aromatic nitrogens is 3. The Balaban J connectivity index is 0.000000199. The number of hydrogen-bond donors (Lipinski definition) is 0. The number of benzene rings is 4. The van der Waals surface area contributed by atoms with Crippen LogP contribution in [0.5, 0.6) is 0 Å². The van der Waals surface area contributed by atoms with Crippen molar-refractivity contribution < 1.29 is 28.6 Å². The molecule has 9 rings (SSSR count). The smallest absolute Gasteiger partial charge is 0.216 e. The summed E-state index contributed by atoms with van der Waals surface area (Å²) in [6, 6.07) is 43.7. The summed E-state index contributed by atoms with van der Waals surface area (Å²) in [5, 5.41) is 1.65. The van der Waals surface area contributed by atoms with Crippen molar-refractivity contribution in [3.8, 4) is 33.6 Å². The van der Waals surface area contributed by atoms with E-state index in [1.165, 1.54) is 71.0 Å². The van der Waals surface area contributed by atoms with Gasteiger partial charge in [-0.2, -0.15) is 0 Å². The topological polar surface area (TPSA) is 51.8 Å². The van der Waals surface area contributed by atoms with Gasteiger partial charge < -0.3 is 14.4 Å². The van der Waals surface area contributed by atoms with E-state index in [4.69, 9.17) is 8.53 Å². The van der Waals surface area contributed by atoms with Crippen molar-refractivity contribution in [3.05, 3.63) is 173 Å². The van der Waals surface area contributed by atoms with Crippen molar-refractivity contribution in [1.29, 1.82) is 0 Å². The van der Waals surface area contributed by atoms with Gasteiger partial charge in [-0.3, -0.25) is 0 Å². The molecular formula is C50H45IrN3O-2. The Labute approximate surface area is 342 Å². The average molecular weight is 899 g/mol. The molecule has 4 aromatic heterocycles. The number of hydrogen-bond acceptors (Lipinski definition) is 4. The minimum absolute atomic E-state index is 0. The van der Waals surface area contributed by atoms with Crippen LogP contribution in [0.3, 0.4) is 0 Å². The van der Waals surface area contributed by atoms with Crippen molar-refractivity contribution in [2.75, 3.05) is 0 Å². The van der Waals surface area contributed by atoms with E-state index in [1.54, 1.807) is 12.1 Å². The van der Waals surface area contributed by atoms with E-state index in [0.717, 1.165) is 45.3 Å². The van der Waals surface area contributed by atoms with Crippen LogP contribution in [-0.4, -0.2) is 15.0 Å². The summed E-state index contributed by atoms with van der Waals surface area (Å²) in [6.45, 7) is 4.04. The van der Waals surface area contributed by atoms with E-state index in [9.17, 15) is 0 Å². The van der Waals surface area contributed by atoms with Gasteiger partial charge in [-0.15, -0.1) is 47.5 Å². The number of aryl methyl sites for hydroxylation is 4. The summed E-state index contributed by atoms with van der Waals surface area (Å²) in [5.74, 6) is 0.713. The molecule has 5 heteroatoms. The van der Waals surface area contributed by atoms with E-state index in [0.29, 0.717) is 17.2 Å². The van der Waals surface area contributed by atoms with Crippen LogP contribution in [0.4, 0.5) is 0 Å². The minimum atomic E-state index is -2.29. The normalized spacial score (nSPS) is 14.0. The van der Waals surface area contributed by atoms with Crippen molar-refractivity contribution in [3.63, 3.8) is 0 Å². The summed E-state index contributed by atoms with van der Waals surface area (Å²) in [6.07, 6.45) is 11.3. The van der Waals surface area contributed by atoms with Gasteiger partial charge >= 0.3 is 0 Å². The monoisotopic (exact) mass is 899 g/mol. The maximum atomic E-state index is 7.65. The van der Waals surface area contributed by atoms with Gasteiger partial charge in [-0.05, 0) is 103 Å². The first-order valence-corrected chi connectivity index (χ1v) is 18.9. The molecule has 1 fully saturated rings. The number of fused-ring (bicyclic) bond motifs is 3. The fourth-order valence-electron chi connectivity index (χ4n) is 7.52. The van der Waals surface area contributed by atoms with Crippen LogP contribution < -0.4 is 0 Å². The second kappa shape index (κ2) is 17.1. The summed E-state index contributed by atoms with van der Waals surface area (Å²) < 4.78 is 29.0. The van der Waals surface area contributed by atoms with Gasteiger partial charge in [-0.25, -0.2) is 4.98 Å². The van der Waals surface area contributed by atoms with Crippen LogP contribution in [0, 0.1) is 39.8 Å². The number of furan rings is 1. The Bertz CT molecular complexity index is 2670. The van der Waals surface area contributed by atoms with E-state index in [-0.39, 0.29) is 25.8 Å². The Kier molecular flexibility index (Phi) is 10.6. The van der Waals surface area contributed by atoms with Crippen molar-refractivity contribution in [2.45, 2.75) is 72.1 Å². The summed E-state index contributed by atoms with van der Waals surface area (Å²) in [5.41, 5.74) is 14.6. The van der Waals surface area contributed by atoms with Gasteiger partial charge in [0.1, 0.15) is 0 Å². The predicted molar refractivity (Wildman–Crippen MR) is 222 cm³/mol. The molecule has 8 aromatic rings. The second-order valence-electron chi connectivity index (χ2n) is 14.5. The standard InChI is InChI=1S/C30H27N2O.C20H18N.Ir/c1-20-10-15-26-25-8-5-9-27(29(25)33-30(26)32-20)28-19-22(16-17-31-28)18-21-11-13-24(14-12-21)23-6-3-2-4-7-23;1-14-9-10-18(20-11-15(2)16(3)13-21-20)12-19(14)17-7-5-4-6-8-17;/h5,8,10-17,19,23H,2-4,6-7,18H2,1H3;4-9,11-13H,1-3H3;/q2*-1;/i1D3;;. The van der Waals surface area contributed by atoms with Crippen LogP contribution in [0.25, 0.3) is 55.7 Å². The molecule has 4 heterocycles. The molecule has 0 atom stereocenters. The Morgan fingerprint density at radius 3 is 2.35 bits per heavy atom. The van der Waals surface area contributed by atoms with Crippen LogP contribution in [0.2, 0.25) is 0 Å². The van der Waals surface area contributed by atoms with Gasteiger partial charge in [0.05, 0.1) is 5.58 Å². The predicted octanol–water partition coefficient (Wildman–Crippen LogP) is 12.9. The molecular weight excluding hydrogens is 851 g/mol. The molecule has 4 aromatic carbocycles. The first-order chi connectivity index (χ1) is 27.6. The van der Waals surface area contributed by atoms with Gasteiger partial charge in [0, 0.05) is 47.7 Å². The van der Waals surface area contributed by atoms with Gasteiger partial charge in [0.15, 0.2) is 0 Å². The Hall–Kier alpha value is -5.22. The maximum absolute atomic E-state index is 7.65. The molecule has 0 aliphatic heterocycles. The molecule has 1 saturated carbocycles. The molecule has 1 aliphatic carbocycles. The van der Waals surface area contributed by atoms with E-state index in [1.807, 2.05) is 36.7 Å². The zero-order valence-electron chi connectivity index (χ0n) is 34.5.